The van der Waals surface area contributed by atoms with E-state index in [4.69, 9.17) is 11.6 Å². The van der Waals surface area contributed by atoms with E-state index in [1.54, 1.807) is 10.9 Å². The minimum atomic E-state index is -0.0856. The molecular weight excluding hydrogens is 214 g/mol. The molecule has 0 aliphatic heterocycles. The smallest absolute Gasteiger partial charge is 0.254 e. The van der Waals surface area contributed by atoms with Gasteiger partial charge in [0, 0.05) is 25.2 Å². The molecule has 1 aromatic rings. The maximum Gasteiger partial charge on any atom is 0.254 e. The van der Waals surface area contributed by atoms with Crippen LogP contribution in [0.25, 0.3) is 0 Å². The number of carbonyl (C=O) groups excluding carboxylic acids is 1. The fraction of sp³-hybridized carbons (Fsp3) is 0.600. The molecule has 0 aliphatic rings. The van der Waals surface area contributed by atoms with Crippen LogP contribution in [0.5, 0.6) is 0 Å². The Hall–Kier alpha value is -1.03. The molecule has 0 saturated heterocycles. The maximum absolute atomic E-state index is 11.7. The van der Waals surface area contributed by atoms with Crippen molar-refractivity contribution in [3.05, 3.63) is 17.5 Å². The molecule has 84 valence electrons. The van der Waals surface area contributed by atoms with E-state index in [0.717, 1.165) is 5.69 Å². The van der Waals surface area contributed by atoms with Gasteiger partial charge in [0.05, 0.1) is 11.8 Å². The van der Waals surface area contributed by atoms with Crippen molar-refractivity contribution in [3.8, 4) is 0 Å². The van der Waals surface area contributed by atoms with Crippen LogP contribution in [0.1, 0.15) is 23.0 Å². The first-order valence-electron chi connectivity index (χ1n) is 4.89. The summed E-state index contributed by atoms with van der Waals surface area (Å²) < 4.78 is 1.68. The molecule has 0 spiro atoms. The minimum Gasteiger partial charge on any atom is -0.352 e. The Labute approximate surface area is 94.6 Å². The lowest BCUT2D eigenvalue weighted by Gasteiger charge is -2.08. The standard InChI is InChI=1S/C10H16ClN3O/c1-7(4-11)5-12-10(15)9-6-13-14(3)8(9)2/h6-7H,4-5H2,1-3H3,(H,12,15). The van der Waals surface area contributed by atoms with Gasteiger partial charge >= 0.3 is 0 Å². The summed E-state index contributed by atoms with van der Waals surface area (Å²) >= 11 is 5.65. The molecule has 0 fully saturated rings. The lowest BCUT2D eigenvalue weighted by Crippen LogP contribution is -2.29. The molecule has 0 saturated carbocycles. The number of carbonyl (C=O) groups is 1. The van der Waals surface area contributed by atoms with Gasteiger partial charge in [-0.25, -0.2) is 0 Å². The molecule has 1 rings (SSSR count). The van der Waals surface area contributed by atoms with Gasteiger partial charge in [-0.05, 0) is 12.8 Å². The van der Waals surface area contributed by atoms with Crippen LogP contribution in [-0.4, -0.2) is 28.1 Å². The summed E-state index contributed by atoms with van der Waals surface area (Å²) in [6, 6.07) is 0. The highest BCUT2D eigenvalue weighted by Gasteiger charge is 2.12. The van der Waals surface area contributed by atoms with Gasteiger partial charge < -0.3 is 5.32 Å². The first kappa shape index (κ1) is 12.0. The van der Waals surface area contributed by atoms with E-state index in [9.17, 15) is 4.79 Å². The molecule has 0 radical (unpaired) electrons. The van der Waals surface area contributed by atoms with Gasteiger partial charge in [0.15, 0.2) is 0 Å². The summed E-state index contributed by atoms with van der Waals surface area (Å²) in [5, 5.41) is 6.84. The normalized spacial score (nSPS) is 12.5. The topological polar surface area (TPSA) is 46.9 Å². The average Bonchev–Trinajstić information content (AvgIpc) is 2.56. The first-order valence-corrected chi connectivity index (χ1v) is 5.42. The van der Waals surface area contributed by atoms with Crippen molar-refractivity contribution in [3.63, 3.8) is 0 Å². The van der Waals surface area contributed by atoms with Crippen LogP contribution in [0.2, 0.25) is 0 Å². The van der Waals surface area contributed by atoms with Gasteiger partial charge in [-0.3, -0.25) is 9.48 Å². The van der Waals surface area contributed by atoms with Crippen LogP contribution >= 0.6 is 11.6 Å². The number of aryl methyl sites for hydroxylation is 1. The summed E-state index contributed by atoms with van der Waals surface area (Å²) in [7, 11) is 1.81. The number of nitrogens with zero attached hydrogens (tertiary/aromatic N) is 2. The van der Waals surface area contributed by atoms with Crippen molar-refractivity contribution >= 4 is 17.5 Å². The molecular formula is C10H16ClN3O. The Morgan fingerprint density at radius 3 is 2.87 bits per heavy atom. The zero-order valence-electron chi connectivity index (χ0n) is 9.25. The zero-order chi connectivity index (χ0) is 11.4. The van der Waals surface area contributed by atoms with Crippen LogP contribution in [0.4, 0.5) is 0 Å². The van der Waals surface area contributed by atoms with E-state index >= 15 is 0 Å². The number of hydrogen-bond donors (Lipinski definition) is 1. The third-order valence-electron chi connectivity index (χ3n) is 2.35. The fourth-order valence-corrected chi connectivity index (χ4v) is 1.25. The Bertz CT molecular complexity index is 348. The lowest BCUT2D eigenvalue weighted by atomic mass is 10.2. The number of halogens is 1. The van der Waals surface area contributed by atoms with Gasteiger partial charge in [-0.2, -0.15) is 5.10 Å². The van der Waals surface area contributed by atoms with E-state index in [0.29, 0.717) is 18.0 Å². The summed E-state index contributed by atoms with van der Waals surface area (Å²) in [6.45, 7) is 4.45. The van der Waals surface area contributed by atoms with Crippen molar-refractivity contribution in [1.82, 2.24) is 15.1 Å². The van der Waals surface area contributed by atoms with Crippen LogP contribution in [0.15, 0.2) is 6.20 Å². The Morgan fingerprint density at radius 2 is 2.40 bits per heavy atom. The molecule has 0 aromatic carbocycles. The molecule has 1 heterocycles. The van der Waals surface area contributed by atoms with Crippen LogP contribution in [0, 0.1) is 12.8 Å². The highest BCUT2D eigenvalue weighted by molar-refractivity contribution is 6.18. The van der Waals surface area contributed by atoms with Gasteiger partial charge in [-0.1, -0.05) is 6.92 Å². The summed E-state index contributed by atoms with van der Waals surface area (Å²) in [5.41, 5.74) is 1.49. The quantitative estimate of drug-likeness (QED) is 0.792. The molecule has 1 N–H and O–H groups in total. The predicted molar refractivity (Wildman–Crippen MR) is 60.2 cm³/mol. The van der Waals surface area contributed by atoms with Gasteiger partial charge in [0.25, 0.3) is 5.91 Å². The summed E-state index contributed by atoms with van der Waals surface area (Å²) in [6.07, 6.45) is 1.58. The number of rotatable bonds is 4. The van der Waals surface area contributed by atoms with E-state index in [-0.39, 0.29) is 11.8 Å². The highest BCUT2D eigenvalue weighted by atomic mass is 35.5. The second kappa shape index (κ2) is 5.16. The third-order valence-corrected chi connectivity index (χ3v) is 2.88. The molecule has 15 heavy (non-hydrogen) atoms. The van der Waals surface area contributed by atoms with Gasteiger partial charge in [0.2, 0.25) is 0 Å². The van der Waals surface area contributed by atoms with Crippen molar-refractivity contribution in [1.29, 1.82) is 0 Å². The highest BCUT2D eigenvalue weighted by Crippen LogP contribution is 2.05. The first-order chi connectivity index (χ1) is 7.06. The van der Waals surface area contributed by atoms with Gasteiger partial charge in [0.1, 0.15) is 0 Å². The molecule has 1 amide bonds. The molecule has 1 atom stereocenters. The number of amides is 1. The summed E-state index contributed by atoms with van der Waals surface area (Å²) in [4.78, 5) is 11.7. The fourth-order valence-electron chi connectivity index (χ4n) is 1.14. The largest absolute Gasteiger partial charge is 0.352 e. The summed E-state index contributed by atoms with van der Waals surface area (Å²) in [5.74, 6) is 0.747. The second-order valence-electron chi connectivity index (χ2n) is 3.74. The van der Waals surface area contributed by atoms with Crippen molar-refractivity contribution < 1.29 is 4.79 Å². The van der Waals surface area contributed by atoms with Crippen LogP contribution in [-0.2, 0) is 7.05 Å². The number of hydrogen-bond acceptors (Lipinski definition) is 2. The lowest BCUT2D eigenvalue weighted by molar-refractivity contribution is 0.0948. The number of aromatic nitrogens is 2. The number of alkyl halides is 1. The Balaban J connectivity index is 2.58. The van der Waals surface area contributed by atoms with Crippen molar-refractivity contribution in [2.45, 2.75) is 13.8 Å². The Morgan fingerprint density at radius 1 is 1.73 bits per heavy atom. The maximum atomic E-state index is 11.7. The van der Waals surface area contributed by atoms with Crippen LogP contribution < -0.4 is 5.32 Å². The monoisotopic (exact) mass is 229 g/mol. The zero-order valence-corrected chi connectivity index (χ0v) is 10.0. The average molecular weight is 230 g/mol. The molecule has 5 heteroatoms. The molecule has 0 bridgehead atoms. The van der Waals surface area contributed by atoms with E-state index < -0.39 is 0 Å². The van der Waals surface area contributed by atoms with E-state index in [1.807, 2.05) is 20.9 Å². The molecule has 0 aliphatic carbocycles. The predicted octanol–water partition coefficient (Wildman–Crippen LogP) is 1.33. The second-order valence-corrected chi connectivity index (χ2v) is 4.05. The Kier molecular flexibility index (Phi) is 4.15. The van der Waals surface area contributed by atoms with Crippen molar-refractivity contribution in [2.75, 3.05) is 12.4 Å². The SMILES string of the molecule is Cc1c(C(=O)NCC(C)CCl)cnn1C. The molecule has 4 nitrogen and oxygen atoms in total. The van der Waals surface area contributed by atoms with Crippen LogP contribution in [0.3, 0.4) is 0 Å². The molecule has 1 unspecified atom stereocenters. The number of nitrogens with one attached hydrogen (secondary N) is 1. The van der Waals surface area contributed by atoms with E-state index in [2.05, 4.69) is 10.4 Å². The van der Waals surface area contributed by atoms with E-state index in [1.165, 1.54) is 0 Å². The van der Waals surface area contributed by atoms with Gasteiger partial charge in [-0.15, -0.1) is 11.6 Å². The minimum absolute atomic E-state index is 0.0856. The van der Waals surface area contributed by atoms with Crippen molar-refractivity contribution in [2.24, 2.45) is 13.0 Å². The molecule has 1 aromatic heterocycles. The third kappa shape index (κ3) is 2.96.